The maximum atomic E-state index is 13.6. The van der Waals surface area contributed by atoms with Gasteiger partial charge in [0.2, 0.25) is 5.88 Å². The average Bonchev–Trinajstić information content (AvgIpc) is 3.23. The number of para-hydroxylation sites is 1. The van der Waals surface area contributed by atoms with Gasteiger partial charge in [-0.15, -0.1) is 0 Å². The van der Waals surface area contributed by atoms with E-state index in [0.29, 0.717) is 35.8 Å². The van der Waals surface area contributed by atoms with Gasteiger partial charge in [0, 0.05) is 23.9 Å². The third kappa shape index (κ3) is 3.26. The van der Waals surface area contributed by atoms with Crippen molar-refractivity contribution in [1.82, 2.24) is 4.57 Å². The Morgan fingerprint density at radius 1 is 1.38 bits per heavy atom. The molecule has 2 atom stereocenters. The highest BCUT2D eigenvalue weighted by Crippen LogP contribution is 2.43. The highest BCUT2D eigenvalue weighted by Gasteiger charge is 2.36. The second kappa shape index (κ2) is 7.64. The molecule has 0 unspecified atom stereocenters. The molecule has 2 aromatic rings. The van der Waals surface area contributed by atoms with E-state index in [0.717, 1.165) is 18.5 Å². The lowest BCUT2D eigenvalue weighted by Gasteiger charge is -2.28. The molecule has 150 valence electrons. The summed E-state index contributed by atoms with van der Waals surface area (Å²) in [6.45, 7) is 3.05. The van der Waals surface area contributed by atoms with Crippen LogP contribution < -0.4 is 20.8 Å². The summed E-state index contributed by atoms with van der Waals surface area (Å²) in [4.78, 5) is 13.6. The number of nitriles is 1. The van der Waals surface area contributed by atoms with E-state index in [2.05, 4.69) is 6.07 Å². The Hall–Kier alpha value is -3.24. The maximum absolute atomic E-state index is 13.6. The molecular formula is C22H23N3O4. The van der Waals surface area contributed by atoms with Gasteiger partial charge in [0.1, 0.15) is 23.1 Å². The summed E-state index contributed by atoms with van der Waals surface area (Å²) >= 11 is 0. The van der Waals surface area contributed by atoms with Gasteiger partial charge in [-0.3, -0.25) is 4.79 Å². The van der Waals surface area contributed by atoms with Crippen LogP contribution in [0.15, 0.2) is 46.6 Å². The maximum Gasteiger partial charge on any atom is 0.258 e. The molecule has 3 heterocycles. The summed E-state index contributed by atoms with van der Waals surface area (Å²) in [6, 6.07) is 11.3. The van der Waals surface area contributed by atoms with Gasteiger partial charge in [-0.05, 0) is 25.8 Å². The van der Waals surface area contributed by atoms with Crippen LogP contribution in [-0.4, -0.2) is 24.4 Å². The van der Waals surface area contributed by atoms with Gasteiger partial charge in [0.15, 0.2) is 0 Å². The van der Waals surface area contributed by atoms with Crippen LogP contribution in [0.3, 0.4) is 0 Å². The Bertz CT molecular complexity index is 1070. The molecule has 1 fully saturated rings. The molecule has 4 rings (SSSR count). The SMILES string of the molecule is COc1ccccc1[C@H]1C(C#N)=C(N)Oc2cc(C)n(C[C@H]3CCCO3)c(=O)c21. The summed E-state index contributed by atoms with van der Waals surface area (Å²) in [5.41, 5.74) is 7.91. The number of ether oxygens (including phenoxy) is 3. The summed E-state index contributed by atoms with van der Waals surface area (Å²) in [6.07, 6.45) is 1.93. The van der Waals surface area contributed by atoms with Crippen molar-refractivity contribution in [3.8, 4) is 17.6 Å². The van der Waals surface area contributed by atoms with Crippen molar-refractivity contribution in [1.29, 1.82) is 5.26 Å². The number of hydrogen-bond acceptors (Lipinski definition) is 6. The van der Waals surface area contributed by atoms with Gasteiger partial charge in [0.05, 0.1) is 31.2 Å². The Morgan fingerprint density at radius 3 is 2.86 bits per heavy atom. The smallest absolute Gasteiger partial charge is 0.258 e. The number of fused-ring (bicyclic) bond motifs is 1. The van der Waals surface area contributed by atoms with Crippen LogP contribution >= 0.6 is 0 Å². The summed E-state index contributed by atoms with van der Waals surface area (Å²) < 4.78 is 18.6. The normalized spacial score (nSPS) is 20.7. The molecule has 1 saturated heterocycles. The standard InChI is InChI=1S/C22H23N3O4/c1-13-10-18-20(22(26)25(13)12-14-6-5-9-28-14)19(16(11-23)21(24)29-18)15-7-3-4-8-17(15)27-2/h3-4,7-8,10,14,19H,5-6,9,12,24H2,1-2H3/t14-,19+/m1/s1. The van der Waals surface area contributed by atoms with Crippen LogP contribution in [0.1, 0.15) is 35.6 Å². The monoisotopic (exact) mass is 393 g/mol. The first-order valence-electron chi connectivity index (χ1n) is 9.61. The minimum atomic E-state index is -0.663. The van der Waals surface area contributed by atoms with E-state index in [-0.39, 0.29) is 23.1 Å². The number of aryl methyl sites for hydroxylation is 1. The fourth-order valence-corrected chi connectivity index (χ4v) is 4.12. The first-order valence-corrected chi connectivity index (χ1v) is 9.61. The molecule has 2 aliphatic heterocycles. The molecule has 0 radical (unpaired) electrons. The highest BCUT2D eigenvalue weighted by molar-refractivity contribution is 5.58. The van der Waals surface area contributed by atoms with Gasteiger partial charge >= 0.3 is 0 Å². The number of allylic oxidation sites excluding steroid dienone is 1. The largest absolute Gasteiger partial charge is 0.496 e. The Morgan fingerprint density at radius 2 is 2.17 bits per heavy atom. The van der Waals surface area contributed by atoms with Crippen LogP contribution in [0, 0.1) is 18.3 Å². The van der Waals surface area contributed by atoms with Gasteiger partial charge in [-0.1, -0.05) is 18.2 Å². The molecule has 0 spiro atoms. The van der Waals surface area contributed by atoms with Crippen LogP contribution in [0.4, 0.5) is 0 Å². The van der Waals surface area contributed by atoms with Crippen molar-refractivity contribution in [2.45, 2.75) is 38.3 Å². The molecular weight excluding hydrogens is 370 g/mol. The third-order valence-corrected chi connectivity index (χ3v) is 5.55. The van der Waals surface area contributed by atoms with Crippen LogP contribution in [0.25, 0.3) is 0 Å². The molecule has 2 N–H and O–H groups in total. The minimum absolute atomic E-state index is 0.00609. The van der Waals surface area contributed by atoms with Crippen molar-refractivity contribution >= 4 is 0 Å². The van der Waals surface area contributed by atoms with E-state index in [1.807, 2.05) is 25.1 Å². The molecule has 0 saturated carbocycles. The topological polar surface area (TPSA) is 99.5 Å². The lowest BCUT2D eigenvalue weighted by molar-refractivity contribution is 0.0954. The number of hydrogen-bond donors (Lipinski definition) is 1. The van der Waals surface area contributed by atoms with Gasteiger partial charge < -0.3 is 24.5 Å². The first kappa shape index (κ1) is 19.1. The van der Waals surface area contributed by atoms with E-state index in [1.54, 1.807) is 23.8 Å². The number of pyridine rings is 1. The molecule has 7 heteroatoms. The summed E-state index contributed by atoms with van der Waals surface area (Å²) in [5, 5.41) is 9.79. The Balaban J connectivity index is 1.92. The van der Waals surface area contributed by atoms with E-state index in [1.165, 1.54) is 0 Å². The van der Waals surface area contributed by atoms with E-state index in [4.69, 9.17) is 19.9 Å². The molecule has 0 bridgehead atoms. The average molecular weight is 393 g/mol. The molecule has 0 amide bonds. The van der Waals surface area contributed by atoms with Crippen LogP contribution in [0.5, 0.6) is 11.5 Å². The van der Waals surface area contributed by atoms with E-state index < -0.39 is 5.92 Å². The number of nitrogens with two attached hydrogens (primary N) is 1. The van der Waals surface area contributed by atoms with Crippen LogP contribution in [0.2, 0.25) is 0 Å². The quantitative estimate of drug-likeness (QED) is 0.857. The highest BCUT2D eigenvalue weighted by atomic mass is 16.5. The van der Waals surface area contributed by atoms with Crippen molar-refractivity contribution in [2.24, 2.45) is 5.73 Å². The number of aromatic nitrogens is 1. The molecule has 2 aliphatic rings. The lowest BCUT2D eigenvalue weighted by Crippen LogP contribution is -2.35. The molecule has 29 heavy (non-hydrogen) atoms. The number of nitrogens with zero attached hydrogens (tertiary/aromatic N) is 2. The van der Waals surface area contributed by atoms with E-state index >= 15 is 0 Å². The fourth-order valence-electron chi connectivity index (χ4n) is 4.12. The van der Waals surface area contributed by atoms with Gasteiger partial charge in [-0.25, -0.2) is 0 Å². The summed E-state index contributed by atoms with van der Waals surface area (Å²) in [5.74, 6) is 0.301. The van der Waals surface area contributed by atoms with Crippen molar-refractivity contribution < 1.29 is 14.2 Å². The van der Waals surface area contributed by atoms with Crippen molar-refractivity contribution in [2.75, 3.05) is 13.7 Å². The Kier molecular flexibility index (Phi) is 5.03. The number of rotatable bonds is 4. The zero-order chi connectivity index (χ0) is 20.5. The zero-order valence-corrected chi connectivity index (χ0v) is 16.5. The number of methoxy groups -OCH3 is 1. The molecule has 0 aliphatic carbocycles. The molecule has 7 nitrogen and oxygen atoms in total. The zero-order valence-electron chi connectivity index (χ0n) is 16.5. The second-order valence-corrected chi connectivity index (χ2v) is 7.28. The first-order chi connectivity index (χ1) is 14.0. The molecule has 1 aromatic carbocycles. The van der Waals surface area contributed by atoms with Crippen LogP contribution in [-0.2, 0) is 11.3 Å². The third-order valence-electron chi connectivity index (χ3n) is 5.55. The fraction of sp³-hybridized carbons (Fsp3) is 0.364. The second-order valence-electron chi connectivity index (χ2n) is 7.28. The predicted molar refractivity (Wildman–Crippen MR) is 107 cm³/mol. The molecule has 1 aromatic heterocycles. The van der Waals surface area contributed by atoms with Crippen molar-refractivity contribution in [3.63, 3.8) is 0 Å². The predicted octanol–water partition coefficient (Wildman–Crippen LogP) is 2.56. The van der Waals surface area contributed by atoms with Crippen molar-refractivity contribution in [3.05, 3.63) is 69.0 Å². The van der Waals surface area contributed by atoms with E-state index in [9.17, 15) is 10.1 Å². The number of benzene rings is 1. The lowest BCUT2D eigenvalue weighted by atomic mass is 9.83. The minimum Gasteiger partial charge on any atom is -0.496 e. The summed E-state index contributed by atoms with van der Waals surface area (Å²) in [7, 11) is 1.56. The Labute approximate surface area is 168 Å². The van der Waals surface area contributed by atoms with Gasteiger partial charge in [0.25, 0.3) is 5.56 Å². The van der Waals surface area contributed by atoms with Gasteiger partial charge in [-0.2, -0.15) is 5.26 Å².